The van der Waals surface area contributed by atoms with E-state index in [0.717, 1.165) is 30.2 Å². The third-order valence-corrected chi connectivity index (χ3v) is 18.8. The lowest BCUT2D eigenvalue weighted by molar-refractivity contribution is -0.158. The number of aromatic nitrogens is 6. The molecule has 0 bridgehead atoms. The first-order chi connectivity index (χ1) is 41.4. The number of nitrogens with zero attached hydrogens (tertiary/aromatic N) is 8. The molecule has 21 nitrogen and oxygen atoms in total. The summed E-state index contributed by atoms with van der Waals surface area (Å²) >= 11 is 0. The molecule has 4 aromatic carbocycles. The Morgan fingerprint density at radius 2 is 1.05 bits per heavy atom. The fourth-order valence-corrected chi connectivity index (χ4v) is 12.9. The number of anilines is 1. The SMILES string of the molecule is Cc1ccc(S(=O)(=O)n2ccc3nc(C(CC(=O)C4CN(C(=O)OCc5ccccc5)CCC4C)C(=O)OC(C)(C)C)cnc32)cc1.Cc1ccc(S(=O)(=O)n2ccc3nc(NCC(=O)C4CN(C(=O)OCc5ccccc5)CCC4C)cnc32)cc1. The van der Waals surface area contributed by atoms with Gasteiger partial charge in [0.1, 0.15) is 47.4 Å². The van der Waals surface area contributed by atoms with Gasteiger partial charge in [-0.25, -0.2) is 54.3 Å². The maximum absolute atomic E-state index is 13.9. The molecule has 2 fully saturated rings. The summed E-state index contributed by atoms with van der Waals surface area (Å²) in [5.41, 5.74) is 3.92. The fraction of sp³-hybridized carbons (Fsp3) is 0.359. The number of hydrogen-bond acceptors (Lipinski definition) is 17. The molecule has 0 saturated carbocycles. The van der Waals surface area contributed by atoms with Crippen molar-refractivity contribution in [2.24, 2.45) is 23.7 Å². The van der Waals surface area contributed by atoms with Gasteiger partial charge in [-0.2, -0.15) is 0 Å². The van der Waals surface area contributed by atoms with Gasteiger partial charge in [-0.3, -0.25) is 14.4 Å². The quantitative estimate of drug-likeness (QED) is 0.0656. The Morgan fingerprint density at radius 1 is 0.598 bits per heavy atom. The zero-order valence-electron chi connectivity index (χ0n) is 49.6. The van der Waals surface area contributed by atoms with Crippen molar-refractivity contribution in [3.63, 3.8) is 0 Å². The van der Waals surface area contributed by atoms with E-state index in [0.29, 0.717) is 43.8 Å². The van der Waals surface area contributed by atoms with Crippen LogP contribution in [0.2, 0.25) is 0 Å². The lowest BCUT2D eigenvalue weighted by atomic mass is 9.80. The van der Waals surface area contributed by atoms with Gasteiger partial charge in [0.05, 0.1) is 34.4 Å². The molecule has 2 aliphatic heterocycles. The summed E-state index contributed by atoms with van der Waals surface area (Å²) in [4.78, 5) is 87.3. The number of benzene rings is 4. The summed E-state index contributed by atoms with van der Waals surface area (Å²) in [5, 5.41) is 3.01. The molecule has 10 rings (SSSR count). The number of rotatable bonds is 17. The van der Waals surface area contributed by atoms with Gasteiger partial charge in [0.25, 0.3) is 20.0 Å². The predicted octanol–water partition coefficient (Wildman–Crippen LogP) is 9.91. The third kappa shape index (κ3) is 15.2. The molecule has 23 heteroatoms. The molecule has 5 unspecified atom stereocenters. The molecule has 2 amide bonds. The van der Waals surface area contributed by atoms with Crippen molar-refractivity contribution in [3.8, 4) is 0 Å². The molecule has 2 saturated heterocycles. The summed E-state index contributed by atoms with van der Waals surface area (Å²) in [7, 11) is -7.79. The molecule has 456 valence electrons. The summed E-state index contributed by atoms with van der Waals surface area (Å²) in [5.74, 6) is -2.44. The van der Waals surface area contributed by atoms with E-state index in [1.807, 2.05) is 88.4 Å². The van der Waals surface area contributed by atoms with Crippen LogP contribution in [0.15, 0.2) is 156 Å². The van der Waals surface area contributed by atoms with Crippen molar-refractivity contribution >= 4 is 77.9 Å². The standard InChI is InChI=1S/C35H40N4O7S.C29H31N5O5S/c1-23-11-13-26(14-12-23)47(43,44)39-18-16-29-32(39)36-20-30(37-29)27(33(41)46-35(3,4)5)19-31(40)28-21-38(17-15-24(28)2)34(42)45-22-25-9-7-6-8-10-25;1-20-8-10-23(11-9-20)40(37,38)34-15-13-25-28(34)31-17-27(32-25)30-16-26(35)24-18-33(14-12-21(24)2)29(36)39-19-22-6-4-3-5-7-22/h6-14,16,18,20,24,27-28H,15,17,19,21-22H2,1-5H3;3-11,13,15,17,21,24H,12,14,16,18-19H2,1-2H3,(H,30,32). The van der Waals surface area contributed by atoms with Crippen molar-refractivity contribution in [3.05, 3.63) is 174 Å². The van der Waals surface area contributed by atoms with Gasteiger partial charge < -0.3 is 29.3 Å². The fourth-order valence-electron chi connectivity index (χ4n) is 10.4. The number of Topliss-reactive ketones (excluding diaryl/α,β-unsaturated/α-hetero) is 2. The first kappa shape index (κ1) is 62.7. The van der Waals surface area contributed by atoms with Crippen LogP contribution in [-0.4, -0.2) is 123 Å². The number of fused-ring (bicyclic) bond motifs is 2. The number of carbonyl (C=O) groups excluding carboxylic acids is 5. The zero-order chi connectivity index (χ0) is 62.2. The van der Waals surface area contributed by atoms with Crippen molar-refractivity contribution in [1.29, 1.82) is 0 Å². The lowest BCUT2D eigenvalue weighted by Gasteiger charge is -2.36. The Morgan fingerprint density at radius 3 is 1.52 bits per heavy atom. The Bertz CT molecular complexity index is 4000. The molecule has 2 aliphatic rings. The number of nitrogens with one attached hydrogen (secondary N) is 1. The van der Waals surface area contributed by atoms with Crippen LogP contribution in [0.4, 0.5) is 15.4 Å². The van der Waals surface area contributed by atoms with Gasteiger partial charge in [0.15, 0.2) is 17.1 Å². The second-order valence-electron chi connectivity index (χ2n) is 23.1. The van der Waals surface area contributed by atoms with Crippen LogP contribution in [0.25, 0.3) is 22.3 Å². The van der Waals surface area contributed by atoms with E-state index >= 15 is 0 Å². The topological polar surface area (TPSA) is 261 Å². The smallest absolute Gasteiger partial charge is 0.410 e. The minimum Gasteiger partial charge on any atom is -0.459 e. The molecule has 8 aromatic rings. The van der Waals surface area contributed by atoms with Crippen molar-refractivity contribution < 1.29 is 55.0 Å². The van der Waals surface area contributed by atoms with Crippen molar-refractivity contribution in [2.75, 3.05) is 38.0 Å². The third-order valence-electron chi connectivity index (χ3n) is 15.5. The summed E-state index contributed by atoms with van der Waals surface area (Å²) in [6.07, 6.45) is 5.67. The average Bonchev–Trinajstić information content (AvgIpc) is 1.83. The number of likely N-dealkylation sites (tertiary alicyclic amines) is 2. The normalized spacial score (nSPS) is 17.6. The number of hydrogen-bond donors (Lipinski definition) is 1. The number of piperidine rings is 2. The minimum atomic E-state index is -3.96. The van der Waals surface area contributed by atoms with Gasteiger partial charge in [-0.1, -0.05) is 110 Å². The van der Waals surface area contributed by atoms with Crippen LogP contribution < -0.4 is 5.32 Å². The molecular weight excluding hydrogens is 1150 g/mol. The maximum Gasteiger partial charge on any atom is 0.410 e. The highest BCUT2D eigenvalue weighted by Gasteiger charge is 2.39. The van der Waals surface area contributed by atoms with E-state index in [-0.39, 0.29) is 94.3 Å². The number of ketones is 2. The van der Waals surface area contributed by atoms with E-state index < -0.39 is 55.6 Å². The van der Waals surface area contributed by atoms with Crippen LogP contribution in [-0.2, 0) is 61.9 Å². The molecular formula is C64H71N9O12S2. The molecule has 0 aliphatic carbocycles. The minimum absolute atomic E-state index is 0.00443. The van der Waals surface area contributed by atoms with Crippen LogP contribution in [0.5, 0.6) is 0 Å². The van der Waals surface area contributed by atoms with Gasteiger partial charge in [0, 0.05) is 56.8 Å². The molecule has 6 heterocycles. The monoisotopic (exact) mass is 1220 g/mol. The highest BCUT2D eigenvalue weighted by molar-refractivity contribution is 7.90. The first-order valence-corrected chi connectivity index (χ1v) is 31.6. The van der Waals surface area contributed by atoms with E-state index in [1.54, 1.807) is 68.1 Å². The van der Waals surface area contributed by atoms with E-state index in [1.165, 1.54) is 47.9 Å². The molecule has 4 aromatic heterocycles. The van der Waals surface area contributed by atoms with Gasteiger partial charge >= 0.3 is 18.2 Å². The highest BCUT2D eigenvalue weighted by atomic mass is 32.2. The molecule has 0 radical (unpaired) electrons. The molecule has 5 atom stereocenters. The van der Waals surface area contributed by atoms with E-state index in [4.69, 9.17) is 14.2 Å². The van der Waals surface area contributed by atoms with Gasteiger partial charge in [0.2, 0.25) is 0 Å². The Balaban J connectivity index is 0.000000210. The Kier molecular flexibility index (Phi) is 19.3. The van der Waals surface area contributed by atoms with Crippen molar-refractivity contribution in [2.45, 2.75) is 102 Å². The predicted molar refractivity (Wildman–Crippen MR) is 325 cm³/mol. The first-order valence-electron chi connectivity index (χ1n) is 28.7. The number of amides is 2. The average molecular weight is 1220 g/mol. The molecule has 1 N–H and O–H groups in total. The van der Waals surface area contributed by atoms with Crippen LogP contribution in [0.1, 0.15) is 87.7 Å². The van der Waals surface area contributed by atoms with Gasteiger partial charge in [-0.05, 0) is 107 Å². The number of esters is 1. The molecule has 87 heavy (non-hydrogen) atoms. The van der Waals surface area contributed by atoms with Crippen molar-refractivity contribution in [1.82, 2.24) is 37.7 Å². The van der Waals surface area contributed by atoms with Gasteiger partial charge in [-0.15, -0.1) is 0 Å². The van der Waals surface area contributed by atoms with Crippen LogP contribution in [0, 0.1) is 37.5 Å². The van der Waals surface area contributed by atoms with E-state index in [2.05, 4.69) is 25.3 Å². The Hall–Kier alpha value is -8.83. The maximum atomic E-state index is 13.9. The Labute approximate surface area is 506 Å². The number of carbonyl (C=O) groups is 5. The number of ether oxygens (including phenoxy) is 3. The van der Waals surface area contributed by atoms with Crippen LogP contribution in [0.3, 0.4) is 0 Å². The van der Waals surface area contributed by atoms with E-state index in [9.17, 15) is 40.8 Å². The number of aryl methyl sites for hydroxylation is 2. The second kappa shape index (κ2) is 26.8. The summed E-state index contributed by atoms with van der Waals surface area (Å²) in [6.45, 7) is 14.7. The largest absolute Gasteiger partial charge is 0.459 e. The second-order valence-corrected chi connectivity index (χ2v) is 26.8. The highest BCUT2D eigenvalue weighted by Crippen LogP contribution is 2.32. The molecule has 0 spiro atoms. The summed E-state index contributed by atoms with van der Waals surface area (Å²) in [6, 6.07) is 35.0. The summed E-state index contributed by atoms with van der Waals surface area (Å²) < 4.78 is 71.8. The zero-order valence-corrected chi connectivity index (χ0v) is 51.2. The lowest BCUT2D eigenvalue weighted by Crippen LogP contribution is -2.47. The van der Waals surface area contributed by atoms with Crippen LogP contribution >= 0.6 is 0 Å².